The SMILES string of the molecule is CC(C)C(=O)Nc1ccc(NC(=O)C2CC2)cn1. The largest absolute Gasteiger partial charge is 0.324 e. The first kappa shape index (κ1) is 12.5. The molecule has 0 unspecified atom stereocenters. The van der Waals surface area contributed by atoms with Crippen molar-refractivity contribution in [3.8, 4) is 0 Å². The minimum Gasteiger partial charge on any atom is -0.324 e. The van der Waals surface area contributed by atoms with Gasteiger partial charge in [0.25, 0.3) is 0 Å². The summed E-state index contributed by atoms with van der Waals surface area (Å²) in [7, 11) is 0. The van der Waals surface area contributed by atoms with Gasteiger partial charge in [-0.25, -0.2) is 4.98 Å². The summed E-state index contributed by atoms with van der Waals surface area (Å²) in [6.07, 6.45) is 3.50. The molecule has 1 aliphatic rings. The standard InChI is InChI=1S/C13H17N3O2/c1-8(2)12(17)16-11-6-5-10(7-14-11)15-13(18)9-3-4-9/h5-9H,3-4H2,1-2H3,(H,15,18)(H,14,16,17). The molecule has 1 aliphatic carbocycles. The fourth-order valence-electron chi connectivity index (χ4n) is 1.40. The molecule has 2 N–H and O–H groups in total. The zero-order chi connectivity index (χ0) is 13.1. The van der Waals surface area contributed by atoms with Crippen molar-refractivity contribution in [3.05, 3.63) is 18.3 Å². The van der Waals surface area contributed by atoms with Crippen LogP contribution in [0.1, 0.15) is 26.7 Å². The van der Waals surface area contributed by atoms with E-state index in [2.05, 4.69) is 15.6 Å². The number of rotatable bonds is 4. The van der Waals surface area contributed by atoms with Crippen LogP contribution in [0.25, 0.3) is 0 Å². The molecule has 1 aromatic rings. The van der Waals surface area contributed by atoms with Crippen LogP contribution in [0.2, 0.25) is 0 Å². The Kier molecular flexibility index (Phi) is 3.60. The smallest absolute Gasteiger partial charge is 0.228 e. The topological polar surface area (TPSA) is 71.1 Å². The van der Waals surface area contributed by atoms with Gasteiger partial charge in [-0.15, -0.1) is 0 Å². The van der Waals surface area contributed by atoms with Crippen molar-refractivity contribution in [2.45, 2.75) is 26.7 Å². The normalized spacial score (nSPS) is 14.4. The molecule has 18 heavy (non-hydrogen) atoms. The zero-order valence-corrected chi connectivity index (χ0v) is 10.6. The highest BCUT2D eigenvalue weighted by Gasteiger charge is 2.29. The Balaban J connectivity index is 1.92. The third-order valence-corrected chi connectivity index (χ3v) is 2.75. The van der Waals surface area contributed by atoms with Gasteiger partial charge in [-0.2, -0.15) is 0 Å². The van der Waals surface area contributed by atoms with Gasteiger partial charge < -0.3 is 10.6 Å². The second-order valence-electron chi connectivity index (χ2n) is 4.84. The molecule has 0 spiro atoms. The number of carbonyl (C=O) groups excluding carboxylic acids is 2. The first-order valence-electron chi connectivity index (χ1n) is 6.14. The van der Waals surface area contributed by atoms with Gasteiger partial charge in [0, 0.05) is 11.8 Å². The summed E-state index contributed by atoms with van der Waals surface area (Å²) in [5.74, 6) is 0.567. The van der Waals surface area contributed by atoms with Crippen LogP contribution >= 0.6 is 0 Å². The molecule has 96 valence electrons. The number of nitrogens with one attached hydrogen (secondary N) is 2. The van der Waals surface area contributed by atoms with Crippen molar-refractivity contribution in [1.29, 1.82) is 0 Å². The summed E-state index contributed by atoms with van der Waals surface area (Å²) in [6.45, 7) is 3.64. The van der Waals surface area contributed by atoms with Gasteiger partial charge in [0.15, 0.2) is 0 Å². The van der Waals surface area contributed by atoms with Crippen molar-refractivity contribution in [3.63, 3.8) is 0 Å². The minimum absolute atomic E-state index is 0.0516. The van der Waals surface area contributed by atoms with Crippen LogP contribution in [-0.4, -0.2) is 16.8 Å². The van der Waals surface area contributed by atoms with E-state index in [0.717, 1.165) is 12.8 Å². The Bertz CT molecular complexity index is 415. The van der Waals surface area contributed by atoms with Gasteiger partial charge in [-0.05, 0) is 25.0 Å². The molecule has 1 fully saturated rings. The molecule has 5 heteroatoms. The first-order valence-corrected chi connectivity index (χ1v) is 6.14. The van der Waals surface area contributed by atoms with Crippen LogP contribution in [0.3, 0.4) is 0 Å². The first-order chi connectivity index (χ1) is 8.56. The van der Waals surface area contributed by atoms with E-state index in [1.807, 2.05) is 13.8 Å². The number of carbonyl (C=O) groups is 2. The molecule has 0 saturated heterocycles. The van der Waals surface area contributed by atoms with E-state index in [4.69, 9.17) is 0 Å². The molecule has 5 nitrogen and oxygen atoms in total. The van der Waals surface area contributed by atoms with Crippen molar-refractivity contribution in [1.82, 2.24) is 4.98 Å². The van der Waals surface area contributed by atoms with Crippen LogP contribution in [0.4, 0.5) is 11.5 Å². The highest BCUT2D eigenvalue weighted by Crippen LogP contribution is 2.30. The van der Waals surface area contributed by atoms with Gasteiger partial charge in [-0.3, -0.25) is 9.59 Å². The molecular formula is C13H17N3O2. The summed E-state index contributed by atoms with van der Waals surface area (Å²) in [6, 6.07) is 3.42. The molecule has 2 rings (SSSR count). The van der Waals surface area contributed by atoms with Crippen LogP contribution in [0.15, 0.2) is 18.3 Å². The number of amides is 2. The Morgan fingerprint density at radius 2 is 2.00 bits per heavy atom. The van der Waals surface area contributed by atoms with E-state index in [9.17, 15) is 9.59 Å². The predicted octanol–water partition coefficient (Wildman–Crippen LogP) is 2.02. The number of aromatic nitrogens is 1. The number of hydrogen-bond donors (Lipinski definition) is 2. The number of pyridine rings is 1. The quantitative estimate of drug-likeness (QED) is 0.855. The van der Waals surface area contributed by atoms with Crippen molar-refractivity contribution in [2.24, 2.45) is 11.8 Å². The maximum absolute atomic E-state index is 11.5. The molecule has 1 saturated carbocycles. The predicted molar refractivity (Wildman–Crippen MR) is 69.1 cm³/mol. The van der Waals surface area contributed by atoms with E-state index >= 15 is 0 Å². The van der Waals surface area contributed by atoms with Crippen LogP contribution in [-0.2, 0) is 9.59 Å². The molecule has 1 aromatic heterocycles. The van der Waals surface area contributed by atoms with Gasteiger partial charge in [-0.1, -0.05) is 13.8 Å². The second-order valence-corrected chi connectivity index (χ2v) is 4.84. The Morgan fingerprint density at radius 1 is 1.28 bits per heavy atom. The molecular weight excluding hydrogens is 230 g/mol. The molecule has 0 aliphatic heterocycles. The zero-order valence-electron chi connectivity index (χ0n) is 10.6. The number of nitrogens with zero attached hydrogens (tertiary/aromatic N) is 1. The fraction of sp³-hybridized carbons (Fsp3) is 0.462. The molecule has 2 amide bonds. The van der Waals surface area contributed by atoms with Gasteiger partial charge in [0.1, 0.15) is 5.82 Å². The van der Waals surface area contributed by atoms with Crippen LogP contribution in [0, 0.1) is 11.8 Å². The van der Waals surface area contributed by atoms with Crippen LogP contribution < -0.4 is 10.6 Å². The van der Waals surface area contributed by atoms with Crippen LogP contribution in [0.5, 0.6) is 0 Å². The fourth-order valence-corrected chi connectivity index (χ4v) is 1.40. The maximum Gasteiger partial charge on any atom is 0.228 e. The Labute approximate surface area is 106 Å². The third kappa shape index (κ3) is 3.29. The van der Waals surface area contributed by atoms with E-state index in [-0.39, 0.29) is 23.7 Å². The lowest BCUT2D eigenvalue weighted by molar-refractivity contribution is -0.119. The van der Waals surface area contributed by atoms with Crippen molar-refractivity contribution < 1.29 is 9.59 Å². The average Bonchev–Trinajstić information content (AvgIpc) is 3.15. The van der Waals surface area contributed by atoms with E-state index in [1.165, 1.54) is 0 Å². The highest BCUT2D eigenvalue weighted by atomic mass is 16.2. The second kappa shape index (κ2) is 5.16. The molecule has 0 bridgehead atoms. The van der Waals surface area contributed by atoms with Crippen molar-refractivity contribution in [2.75, 3.05) is 10.6 Å². The number of anilines is 2. The monoisotopic (exact) mass is 247 g/mol. The molecule has 0 radical (unpaired) electrons. The summed E-state index contributed by atoms with van der Waals surface area (Å²) < 4.78 is 0. The van der Waals surface area contributed by atoms with Gasteiger partial charge in [0.05, 0.1) is 11.9 Å². The summed E-state index contributed by atoms with van der Waals surface area (Å²) in [5, 5.41) is 5.49. The maximum atomic E-state index is 11.5. The molecule has 1 heterocycles. The number of hydrogen-bond acceptors (Lipinski definition) is 3. The van der Waals surface area contributed by atoms with E-state index in [1.54, 1.807) is 18.3 Å². The Morgan fingerprint density at radius 3 is 2.50 bits per heavy atom. The van der Waals surface area contributed by atoms with Gasteiger partial charge >= 0.3 is 0 Å². The van der Waals surface area contributed by atoms with Gasteiger partial charge in [0.2, 0.25) is 11.8 Å². The molecule has 0 aromatic carbocycles. The van der Waals surface area contributed by atoms with E-state index < -0.39 is 0 Å². The third-order valence-electron chi connectivity index (χ3n) is 2.75. The van der Waals surface area contributed by atoms with Crippen molar-refractivity contribution >= 4 is 23.3 Å². The Hall–Kier alpha value is -1.91. The summed E-state index contributed by atoms with van der Waals surface area (Å²) in [5.41, 5.74) is 0.662. The van der Waals surface area contributed by atoms with E-state index in [0.29, 0.717) is 11.5 Å². The lowest BCUT2D eigenvalue weighted by Crippen LogP contribution is -2.18. The summed E-state index contributed by atoms with van der Waals surface area (Å²) >= 11 is 0. The average molecular weight is 247 g/mol. The molecule has 0 atom stereocenters. The lowest BCUT2D eigenvalue weighted by Gasteiger charge is -2.08. The lowest BCUT2D eigenvalue weighted by atomic mass is 10.2. The minimum atomic E-state index is -0.0824. The highest BCUT2D eigenvalue weighted by molar-refractivity contribution is 5.94. The summed E-state index contributed by atoms with van der Waals surface area (Å²) in [4.78, 5) is 27.1.